The molecule has 0 atom stereocenters. The molecule has 0 aromatic rings. The average Bonchev–Trinajstić information content (AvgIpc) is 2.62. The molecule has 32 heavy (non-hydrogen) atoms. The third-order valence-electron chi connectivity index (χ3n) is 1.86. The van der Waals surface area contributed by atoms with Crippen LogP contribution in [0.2, 0.25) is 0 Å². The highest BCUT2D eigenvalue weighted by atomic mass is 35.5. The summed E-state index contributed by atoms with van der Waals surface area (Å²) in [6, 6.07) is 0. The van der Waals surface area contributed by atoms with Crippen molar-refractivity contribution in [1.29, 1.82) is 0 Å². The minimum absolute atomic E-state index is 0.0648. The van der Waals surface area contributed by atoms with Gasteiger partial charge in [-0.1, -0.05) is 19.7 Å². The normalized spacial score (nSPS) is 7.81. The third kappa shape index (κ3) is 56.5. The van der Waals surface area contributed by atoms with Crippen LogP contribution in [0.1, 0.15) is 27.7 Å². The van der Waals surface area contributed by atoms with Gasteiger partial charge in [-0.25, -0.2) is 14.4 Å². The molecule has 186 valence electrons. The highest BCUT2D eigenvalue weighted by Crippen LogP contribution is 1.93. The number of aliphatic hydroxyl groups is 3. The van der Waals surface area contributed by atoms with E-state index in [1.165, 1.54) is 20.8 Å². The summed E-state index contributed by atoms with van der Waals surface area (Å²) in [5, 5.41) is 22.3. The van der Waals surface area contributed by atoms with E-state index in [1.807, 2.05) is 0 Å². The van der Waals surface area contributed by atoms with E-state index >= 15 is 0 Å². The van der Waals surface area contributed by atoms with E-state index in [4.69, 9.17) is 31.7 Å². The summed E-state index contributed by atoms with van der Waals surface area (Å²) in [4.78, 5) is 49.8. The maximum Gasteiger partial charge on any atom is 0.406 e. The molecule has 0 aliphatic heterocycles. The van der Waals surface area contributed by atoms with E-state index < -0.39 is 42.4 Å². The Morgan fingerprint density at radius 3 is 1.12 bits per heavy atom. The van der Waals surface area contributed by atoms with E-state index in [9.17, 15) is 19.2 Å². The number of carbonyl (C=O) groups excluding carboxylic acids is 5. The number of carbonyl (C=O) groups is 5. The zero-order valence-electron chi connectivity index (χ0n) is 18.0. The smallest absolute Gasteiger partial charge is 0.406 e. The van der Waals surface area contributed by atoms with Crippen LogP contribution in [0, 0.1) is 0 Å². The van der Waals surface area contributed by atoms with Crippen LogP contribution in [-0.2, 0) is 28.6 Å². The van der Waals surface area contributed by atoms with Gasteiger partial charge in [-0.05, 0) is 56.5 Å². The van der Waals surface area contributed by atoms with Gasteiger partial charge in [0.05, 0.1) is 0 Å². The molecule has 0 amide bonds. The Bertz CT molecular complexity index is 616. The average molecular weight is 526 g/mol. The second kappa shape index (κ2) is 28.7. The van der Waals surface area contributed by atoms with Crippen molar-refractivity contribution in [2.75, 3.05) is 20.4 Å². The summed E-state index contributed by atoms with van der Waals surface area (Å²) in [6.07, 6.45) is 0. The molecule has 11 nitrogen and oxygen atoms in total. The molecule has 0 bridgehead atoms. The molecular formula is C18H27Cl3O11. The summed E-state index contributed by atoms with van der Waals surface area (Å²) in [5.41, 5.74) is 0.129. The van der Waals surface area contributed by atoms with Gasteiger partial charge in [-0.2, -0.15) is 0 Å². The van der Waals surface area contributed by atoms with Crippen LogP contribution in [0.4, 0.5) is 9.59 Å². The molecule has 0 aromatic carbocycles. The van der Waals surface area contributed by atoms with Gasteiger partial charge in [0.1, 0.15) is 6.79 Å². The number of halogens is 3. The number of esters is 2. The van der Waals surface area contributed by atoms with Crippen LogP contribution in [0.5, 0.6) is 0 Å². The fraction of sp³-hybridized carbons (Fsp3) is 0.389. The number of Topliss-reactive ketones (excluding diaryl/α,β-unsaturated/α-hetero) is 1. The van der Waals surface area contributed by atoms with E-state index in [0.717, 1.165) is 0 Å². The Morgan fingerprint density at radius 2 is 0.969 bits per heavy atom. The van der Waals surface area contributed by atoms with Gasteiger partial charge in [0.2, 0.25) is 6.79 Å². The number of ketones is 1. The molecule has 0 saturated heterocycles. The predicted octanol–water partition coefficient (Wildman–Crippen LogP) is 3.16. The molecule has 0 aromatic heterocycles. The van der Waals surface area contributed by atoms with E-state index in [0.29, 0.717) is 11.1 Å². The zero-order chi connectivity index (χ0) is 26.9. The number of allylic oxidation sites excluding steroid dienone is 1. The van der Waals surface area contributed by atoms with Gasteiger partial charge in [0.15, 0.2) is 12.6 Å². The molecule has 3 N–H and O–H groups in total. The summed E-state index contributed by atoms with van der Waals surface area (Å²) in [6.45, 7) is 14.4. The van der Waals surface area contributed by atoms with E-state index in [-0.39, 0.29) is 11.4 Å². The van der Waals surface area contributed by atoms with Crippen molar-refractivity contribution in [2.45, 2.75) is 27.7 Å². The first-order valence-electron chi connectivity index (χ1n) is 7.83. The summed E-state index contributed by atoms with van der Waals surface area (Å²) >= 11 is 13.6. The molecule has 0 aliphatic rings. The van der Waals surface area contributed by atoms with Crippen LogP contribution in [0.15, 0.2) is 36.5 Å². The third-order valence-corrected chi connectivity index (χ3v) is 1.97. The summed E-state index contributed by atoms with van der Waals surface area (Å²) in [5.74, 6) is -1.12. The Balaban J connectivity index is -0.000000102. The molecule has 0 spiro atoms. The molecule has 0 rings (SSSR count). The lowest BCUT2D eigenvalue weighted by molar-refractivity contribution is -0.147. The summed E-state index contributed by atoms with van der Waals surface area (Å²) < 4.78 is 11.7. The molecule has 14 heteroatoms. The van der Waals surface area contributed by atoms with Gasteiger partial charge in [0, 0.05) is 22.7 Å². The second-order valence-corrected chi connectivity index (χ2v) is 5.95. The Morgan fingerprint density at radius 1 is 0.688 bits per heavy atom. The molecular weight excluding hydrogens is 499 g/mol. The molecule has 0 heterocycles. The van der Waals surface area contributed by atoms with E-state index in [2.05, 4.69) is 57.1 Å². The molecule has 0 aliphatic carbocycles. The van der Waals surface area contributed by atoms with Crippen LogP contribution in [-0.4, -0.2) is 63.6 Å². The summed E-state index contributed by atoms with van der Waals surface area (Å²) in [7, 11) is 0. The standard InChI is InChI=1S/C6H7ClO4.C5H8O3.C5H8O.CCl2O.CH4O2/c1-4(2)5(8)10-3-11-6(7)9;1-4(2)5(7)8-3-6;1-4(2)5(3)6;2-1(3)4;2-1-3/h1,3H2,2H3;6H,1,3H2,2H3;1H2,2-3H3;;2-3H,1H2. The monoisotopic (exact) mass is 524 g/mol. The van der Waals surface area contributed by atoms with Crippen molar-refractivity contribution in [3.8, 4) is 0 Å². The van der Waals surface area contributed by atoms with Gasteiger partial charge in [0.25, 0.3) is 0 Å². The second-order valence-electron chi connectivity index (χ2n) is 4.76. The van der Waals surface area contributed by atoms with Crippen molar-refractivity contribution in [3.05, 3.63) is 36.5 Å². The molecule has 0 saturated carbocycles. The Kier molecular flexibility index (Phi) is 36.0. The topological polar surface area (TPSA) is 174 Å². The highest BCUT2D eigenvalue weighted by molar-refractivity contribution is 6.93. The fourth-order valence-electron chi connectivity index (χ4n) is 0.434. The zero-order valence-corrected chi connectivity index (χ0v) is 20.3. The lowest BCUT2D eigenvalue weighted by atomic mass is 10.3. The minimum atomic E-state index is -1.01. The first-order chi connectivity index (χ1) is 14.5. The lowest BCUT2D eigenvalue weighted by Gasteiger charge is -2.01. The van der Waals surface area contributed by atoms with Gasteiger partial charge in [-0.15, -0.1) is 0 Å². The van der Waals surface area contributed by atoms with Crippen molar-refractivity contribution >= 4 is 62.7 Å². The maximum absolute atomic E-state index is 10.6. The molecule has 0 unspecified atom stereocenters. The van der Waals surface area contributed by atoms with Crippen molar-refractivity contribution in [2.24, 2.45) is 0 Å². The molecule has 0 fully saturated rings. The quantitative estimate of drug-likeness (QED) is 0.201. The Labute approximate surface area is 200 Å². The number of aliphatic hydroxyl groups excluding tert-OH is 2. The highest BCUT2D eigenvalue weighted by Gasteiger charge is 2.03. The van der Waals surface area contributed by atoms with Gasteiger partial charge >= 0.3 is 22.1 Å². The number of hydrogen-bond acceptors (Lipinski definition) is 11. The van der Waals surface area contributed by atoms with Crippen LogP contribution >= 0.6 is 34.8 Å². The first-order valence-corrected chi connectivity index (χ1v) is 8.96. The number of rotatable bonds is 6. The largest absolute Gasteiger partial charge is 0.435 e. The van der Waals surface area contributed by atoms with E-state index in [1.54, 1.807) is 6.92 Å². The maximum atomic E-state index is 10.6. The lowest BCUT2D eigenvalue weighted by Crippen LogP contribution is -2.09. The minimum Gasteiger partial charge on any atom is -0.435 e. The first kappa shape index (κ1) is 40.1. The van der Waals surface area contributed by atoms with Crippen molar-refractivity contribution in [1.82, 2.24) is 0 Å². The van der Waals surface area contributed by atoms with Crippen LogP contribution in [0.3, 0.4) is 0 Å². The molecule has 0 radical (unpaired) electrons. The van der Waals surface area contributed by atoms with Gasteiger partial charge in [-0.3, -0.25) is 9.59 Å². The van der Waals surface area contributed by atoms with Crippen molar-refractivity contribution in [3.63, 3.8) is 0 Å². The van der Waals surface area contributed by atoms with Crippen LogP contribution < -0.4 is 0 Å². The number of hydrogen-bond donors (Lipinski definition) is 3. The van der Waals surface area contributed by atoms with Gasteiger partial charge < -0.3 is 29.5 Å². The predicted molar refractivity (Wildman–Crippen MR) is 118 cm³/mol. The van der Waals surface area contributed by atoms with Crippen LogP contribution in [0.25, 0.3) is 0 Å². The fourth-order valence-corrected chi connectivity index (χ4v) is 0.479. The Hall–Kier alpha value is -2.28. The SMILES string of the molecule is C=C(C)C(=O)OCO.C=C(C)C(=O)OCOC(=O)Cl.C=C(C)C(C)=O.O=C(Cl)Cl.OCO. The number of ether oxygens (including phenoxy) is 3. The van der Waals surface area contributed by atoms with Crippen molar-refractivity contribution < 1.29 is 53.5 Å².